The van der Waals surface area contributed by atoms with Gasteiger partial charge in [0.1, 0.15) is 5.75 Å². The van der Waals surface area contributed by atoms with E-state index in [1.165, 1.54) is 11.8 Å². The highest BCUT2D eigenvalue weighted by Gasteiger charge is 2.18. The van der Waals surface area contributed by atoms with Gasteiger partial charge in [-0.2, -0.15) is 4.68 Å². The molecule has 0 aliphatic heterocycles. The lowest BCUT2D eigenvalue weighted by Crippen LogP contribution is -2.15. The summed E-state index contributed by atoms with van der Waals surface area (Å²) in [6.45, 7) is 0. The second kappa shape index (κ2) is 9.18. The Morgan fingerprint density at radius 1 is 1.22 bits per heavy atom. The summed E-state index contributed by atoms with van der Waals surface area (Å²) >= 11 is 11.6. The van der Waals surface area contributed by atoms with Gasteiger partial charge in [-0.05, 0) is 76.4 Å². The van der Waals surface area contributed by atoms with E-state index in [1.807, 2.05) is 36.4 Å². The summed E-state index contributed by atoms with van der Waals surface area (Å²) in [4.78, 5) is 12.4. The Morgan fingerprint density at radius 2 is 1.96 bits per heavy atom. The number of rotatable bonds is 6. The summed E-state index contributed by atoms with van der Waals surface area (Å²) in [7, 11) is 1.56. The molecule has 3 rings (SSSR count). The van der Waals surface area contributed by atoms with Gasteiger partial charge < -0.3 is 10.1 Å². The van der Waals surface area contributed by atoms with Gasteiger partial charge in [0.15, 0.2) is 0 Å². The first-order chi connectivity index (χ1) is 13.0. The minimum atomic E-state index is -0.201. The molecule has 140 valence electrons. The van der Waals surface area contributed by atoms with E-state index in [2.05, 4.69) is 68.6 Å². The molecule has 1 aromatic heterocycles. The van der Waals surface area contributed by atoms with Crippen molar-refractivity contribution in [3.8, 4) is 11.4 Å². The van der Waals surface area contributed by atoms with E-state index in [0.29, 0.717) is 21.1 Å². The number of benzene rings is 2. The highest BCUT2D eigenvalue weighted by molar-refractivity contribution is 9.11. The normalized spacial score (nSPS) is 10.7. The van der Waals surface area contributed by atoms with E-state index >= 15 is 0 Å². The van der Waals surface area contributed by atoms with Crippen molar-refractivity contribution >= 4 is 71.1 Å². The van der Waals surface area contributed by atoms with Crippen LogP contribution in [0.15, 0.2) is 55.0 Å². The number of carbonyl (C=O) groups is 1. The molecule has 0 bridgehead atoms. The van der Waals surface area contributed by atoms with Crippen LogP contribution in [0, 0.1) is 0 Å². The van der Waals surface area contributed by atoms with Crippen molar-refractivity contribution < 1.29 is 9.53 Å². The van der Waals surface area contributed by atoms with Crippen LogP contribution in [0.2, 0.25) is 0 Å². The maximum absolute atomic E-state index is 12.4. The Balaban J connectivity index is 1.71. The van der Waals surface area contributed by atoms with Gasteiger partial charge in [-0.25, -0.2) is 0 Å². The number of nitrogens with zero attached hydrogens (tertiary/aromatic N) is 4. The molecule has 0 aliphatic rings. The molecule has 1 heterocycles. The Morgan fingerprint density at radius 3 is 2.67 bits per heavy atom. The van der Waals surface area contributed by atoms with Gasteiger partial charge in [0, 0.05) is 4.47 Å². The standard InChI is InChI=1S/C16H12Br3N5O2S/c1-26-15-11(18)7-10(17)14(13(15)19)20-12(25)8-27-16-21-22-23-24(16)9-5-3-2-4-6-9/h2-7H,8H2,1H3,(H,20,25). The summed E-state index contributed by atoms with van der Waals surface area (Å²) in [5, 5.41) is 15.1. The van der Waals surface area contributed by atoms with Gasteiger partial charge in [0.25, 0.3) is 0 Å². The number of methoxy groups -OCH3 is 1. The average Bonchev–Trinajstić information content (AvgIpc) is 3.13. The summed E-state index contributed by atoms with van der Waals surface area (Å²) in [5.74, 6) is 0.535. The number of para-hydroxylation sites is 1. The fourth-order valence-corrected chi connectivity index (χ4v) is 5.51. The zero-order chi connectivity index (χ0) is 19.4. The number of nitrogens with one attached hydrogen (secondary N) is 1. The van der Waals surface area contributed by atoms with Crippen molar-refractivity contribution in [2.45, 2.75) is 5.16 Å². The lowest BCUT2D eigenvalue weighted by atomic mass is 10.3. The highest BCUT2D eigenvalue weighted by Crippen LogP contribution is 2.43. The minimum Gasteiger partial charge on any atom is -0.494 e. The van der Waals surface area contributed by atoms with Gasteiger partial charge in [-0.15, -0.1) is 5.10 Å². The smallest absolute Gasteiger partial charge is 0.234 e. The molecule has 3 aromatic rings. The van der Waals surface area contributed by atoms with Crippen LogP contribution in [0.25, 0.3) is 5.69 Å². The van der Waals surface area contributed by atoms with Crippen molar-refractivity contribution in [2.75, 3.05) is 18.2 Å². The molecule has 7 nitrogen and oxygen atoms in total. The van der Waals surface area contributed by atoms with Crippen molar-refractivity contribution in [3.05, 3.63) is 49.8 Å². The molecular weight excluding hydrogens is 566 g/mol. The zero-order valence-corrected chi connectivity index (χ0v) is 19.4. The number of ether oxygens (including phenoxy) is 1. The van der Waals surface area contributed by atoms with Crippen LogP contribution in [0.3, 0.4) is 0 Å². The molecule has 0 saturated carbocycles. The molecule has 0 fully saturated rings. The molecule has 0 spiro atoms. The Hall–Kier alpha value is -1.43. The minimum absolute atomic E-state index is 0.143. The monoisotopic (exact) mass is 575 g/mol. The Labute approximate surface area is 184 Å². The van der Waals surface area contributed by atoms with Gasteiger partial charge in [-0.3, -0.25) is 4.79 Å². The van der Waals surface area contributed by atoms with Crippen molar-refractivity contribution in [2.24, 2.45) is 0 Å². The Bertz CT molecular complexity index is 968. The molecule has 0 unspecified atom stereocenters. The number of halogens is 3. The summed E-state index contributed by atoms with van der Waals surface area (Å²) in [6, 6.07) is 11.3. The molecular formula is C16H12Br3N5O2S. The highest BCUT2D eigenvalue weighted by atomic mass is 79.9. The topological polar surface area (TPSA) is 81.9 Å². The first-order valence-electron chi connectivity index (χ1n) is 7.49. The molecule has 1 N–H and O–H groups in total. The van der Waals surface area contributed by atoms with Crippen LogP contribution in [0.1, 0.15) is 0 Å². The molecule has 1 amide bonds. The fraction of sp³-hybridized carbons (Fsp3) is 0.125. The number of hydrogen-bond acceptors (Lipinski definition) is 6. The number of anilines is 1. The third-order valence-electron chi connectivity index (χ3n) is 3.37. The number of amides is 1. The van der Waals surface area contributed by atoms with Gasteiger partial charge in [0.2, 0.25) is 11.1 Å². The van der Waals surface area contributed by atoms with E-state index in [9.17, 15) is 4.79 Å². The van der Waals surface area contributed by atoms with Crippen LogP contribution in [0.5, 0.6) is 5.75 Å². The van der Waals surface area contributed by atoms with E-state index in [1.54, 1.807) is 11.8 Å². The third kappa shape index (κ3) is 4.71. The fourth-order valence-electron chi connectivity index (χ4n) is 2.18. The average molecular weight is 578 g/mol. The maximum atomic E-state index is 12.4. The molecule has 27 heavy (non-hydrogen) atoms. The third-order valence-corrected chi connectivity index (χ3v) is 6.26. The summed E-state index contributed by atoms with van der Waals surface area (Å²) < 4.78 is 9.04. The van der Waals surface area contributed by atoms with Crippen molar-refractivity contribution in [3.63, 3.8) is 0 Å². The number of thioether (sulfide) groups is 1. The molecule has 11 heteroatoms. The maximum Gasteiger partial charge on any atom is 0.234 e. The molecule has 0 aliphatic carbocycles. The van der Waals surface area contributed by atoms with Crippen LogP contribution >= 0.6 is 59.6 Å². The predicted molar refractivity (Wildman–Crippen MR) is 115 cm³/mol. The lowest BCUT2D eigenvalue weighted by Gasteiger charge is -2.14. The molecule has 0 saturated heterocycles. The van der Waals surface area contributed by atoms with Crippen LogP contribution in [-0.4, -0.2) is 39.0 Å². The molecule has 2 aromatic carbocycles. The van der Waals surface area contributed by atoms with Crippen LogP contribution in [0.4, 0.5) is 5.69 Å². The SMILES string of the molecule is COc1c(Br)cc(Br)c(NC(=O)CSc2nnnn2-c2ccccc2)c1Br. The molecule has 0 radical (unpaired) electrons. The second-order valence-corrected chi connectivity index (χ2v) is 8.55. The number of carbonyl (C=O) groups excluding carboxylic acids is 1. The van der Waals surface area contributed by atoms with Gasteiger partial charge in [-0.1, -0.05) is 30.0 Å². The second-order valence-electron chi connectivity index (χ2n) is 5.11. The number of aromatic nitrogens is 4. The van der Waals surface area contributed by atoms with Crippen LogP contribution < -0.4 is 10.1 Å². The van der Waals surface area contributed by atoms with E-state index < -0.39 is 0 Å². The van der Waals surface area contributed by atoms with Gasteiger partial charge >= 0.3 is 0 Å². The van der Waals surface area contributed by atoms with E-state index in [4.69, 9.17) is 4.74 Å². The van der Waals surface area contributed by atoms with Crippen molar-refractivity contribution in [1.82, 2.24) is 20.2 Å². The number of hydrogen-bond donors (Lipinski definition) is 1. The van der Waals surface area contributed by atoms with E-state index in [-0.39, 0.29) is 11.7 Å². The van der Waals surface area contributed by atoms with Crippen LogP contribution in [-0.2, 0) is 4.79 Å². The zero-order valence-electron chi connectivity index (χ0n) is 13.8. The quantitative estimate of drug-likeness (QED) is 0.428. The first kappa shape index (κ1) is 20.3. The summed E-state index contributed by atoms with van der Waals surface area (Å²) in [5.41, 5.74) is 1.41. The Kier molecular flexibility index (Phi) is 6.90. The number of tetrazole rings is 1. The van der Waals surface area contributed by atoms with Crippen molar-refractivity contribution in [1.29, 1.82) is 0 Å². The van der Waals surface area contributed by atoms with E-state index in [0.717, 1.165) is 14.6 Å². The summed E-state index contributed by atoms with van der Waals surface area (Å²) in [6.07, 6.45) is 0. The largest absolute Gasteiger partial charge is 0.494 e. The predicted octanol–water partition coefficient (Wildman–Crippen LogP) is 4.69. The lowest BCUT2D eigenvalue weighted by molar-refractivity contribution is -0.113. The molecule has 0 atom stereocenters. The van der Waals surface area contributed by atoms with Gasteiger partial charge in [0.05, 0.1) is 33.2 Å². The first-order valence-corrected chi connectivity index (χ1v) is 10.9.